The lowest BCUT2D eigenvalue weighted by Crippen LogP contribution is -2.14. The van der Waals surface area contributed by atoms with E-state index in [1.807, 2.05) is 13.0 Å². The number of imidazole rings is 1. The summed E-state index contributed by atoms with van der Waals surface area (Å²) >= 11 is 0. The fraction of sp³-hybridized carbons (Fsp3) is 0.200. The maximum absolute atomic E-state index is 9.51. The van der Waals surface area contributed by atoms with Crippen molar-refractivity contribution in [1.82, 2.24) is 15.0 Å². The minimum absolute atomic E-state index is 0.143. The number of benzene rings is 1. The van der Waals surface area contributed by atoms with Crippen LogP contribution in [-0.4, -0.2) is 25.2 Å². The Morgan fingerprint density at radius 3 is 2.76 bits per heavy atom. The molecule has 0 aliphatic rings. The number of pyridine rings is 1. The molecule has 6 nitrogen and oxygen atoms in total. The number of nitrogens with two attached hydrogens (primary N) is 1. The number of aromatic amines is 1. The van der Waals surface area contributed by atoms with Crippen LogP contribution in [0.15, 0.2) is 30.5 Å². The Balaban J connectivity index is 1.87. The van der Waals surface area contributed by atoms with Gasteiger partial charge in [0.05, 0.1) is 11.6 Å². The van der Waals surface area contributed by atoms with Crippen molar-refractivity contribution >= 4 is 11.2 Å². The summed E-state index contributed by atoms with van der Waals surface area (Å²) in [6.45, 7) is 1.98. The maximum Gasteiger partial charge on any atom is 0.178 e. The van der Waals surface area contributed by atoms with Crippen LogP contribution in [0.1, 0.15) is 23.0 Å². The molecule has 1 atom stereocenters. The molecule has 0 fully saturated rings. The first-order valence-electron chi connectivity index (χ1n) is 6.62. The molecule has 0 aliphatic heterocycles. The maximum atomic E-state index is 9.51. The number of phenolic OH excluding ortho intramolecular Hbond substituents is 2. The van der Waals surface area contributed by atoms with Crippen molar-refractivity contribution in [2.24, 2.45) is 5.73 Å². The molecule has 0 radical (unpaired) electrons. The van der Waals surface area contributed by atoms with Gasteiger partial charge in [-0.1, -0.05) is 6.07 Å². The zero-order valence-corrected chi connectivity index (χ0v) is 11.5. The first-order valence-corrected chi connectivity index (χ1v) is 6.62. The highest BCUT2D eigenvalue weighted by Gasteiger charge is 2.14. The third-order valence-electron chi connectivity index (χ3n) is 3.47. The molecule has 0 amide bonds. The van der Waals surface area contributed by atoms with Crippen molar-refractivity contribution in [3.63, 3.8) is 0 Å². The quantitative estimate of drug-likeness (QED) is 0.549. The minimum Gasteiger partial charge on any atom is -0.504 e. The molecular formula is C15H16N4O2. The number of nitrogens with one attached hydrogen (secondary N) is 1. The molecule has 1 unspecified atom stereocenters. The zero-order valence-electron chi connectivity index (χ0n) is 11.5. The van der Waals surface area contributed by atoms with Gasteiger partial charge >= 0.3 is 0 Å². The first kappa shape index (κ1) is 13.4. The van der Waals surface area contributed by atoms with E-state index in [-0.39, 0.29) is 17.5 Å². The van der Waals surface area contributed by atoms with Crippen LogP contribution in [-0.2, 0) is 6.42 Å². The fourth-order valence-electron chi connectivity index (χ4n) is 2.28. The molecule has 1 aromatic carbocycles. The molecule has 3 aromatic rings. The fourth-order valence-corrected chi connectivity index (χ4v) is 2.28. The lowest BCUT2D eigenvalue weighted by atomic mass is 10.1. The summed E-state index contributed by atoms with van der Waals surface area (Å²) in [5.74, 6) is 0.358. The van der Waals surface area contributed by atoms with Crippen molar-refractivity contribution < 1.29 is 10.2 Å². The Kier molecular flexibility index (Phi) is 3.23. The topological polar surface area (TPSA) is 108 Å². The summed E-state index contributed by atoms with van der Waals surface area (Å²) in [4.78, 5) is 11.8. The zero-order chi connectivity index (χ0) is 15.0. The van der Waals surface area contributed by atoms with Crippen molar-refractivity contribution in [2.45, 2.75) is 19.4 Å². The van der Waals surface area contributed by atoms with Gasteiger partial charge < -0.3 is 20.9 Å². The number of nitrogens with zero attached hydrogens (tertiary/aromatic N) is 2. The molecule has 108 valence electrons. The third-order valence-corrected chi connectivity index (χ3v) is 3.47. The van der Waals surface area contributed by atoms with Crippen molar-refractivity contribution in [3.8, 4) is 11.5 Å². The van der Waals surface area contributed by atoms with Gasteiger partial charge in [0.2, 0.25) is 0 Å². The summed E-state index contributed by atoms with van der Waals surface area (Å²) in [6, 6.07) is 6.24. The Morgan fingerprint density at radius 1 is 1.24 bits per heavy atom. The van der Waals surface area contributed by atoms with Gasteiger partial charge in [-0.05, 0) is 42.7 Å². The van der Waals surface area contributed by atoms with E-state index in [9.17, 15) is 10.2 Å². The van der Waals surface area contributed by atoms with Crippen LogP contribution >= 0.6 is 0 Å². The second kappa shape index (κ2) is 5.06. The van der Waals surface area contributed by atoms with Gasteiger partial charge in [0.1, 0.15) is 5.82 Å². The van der Waals surface area contributed by atoms with Gasteiger partial charge in [-0.25, -0.2) is 9.97 Å². The van der Waals surface area contributed by atoms with Crippen molar-refractivity contribution in [2.75, 3.05) is 0 Å². The molecule has 21 heavy (non-hydrogen) atoms. The van der Waals surface area contributed by atoms with Crippen LogP contribution in [0.2, 0.25) is 0 Å². The second-order valence-electron chi connectivity index (χ2n) is 5.08. The first-order chi connectivity index (χ1) is 10.0. The van der Waals surface area contributed by atoms with Gasteiger partial charge in [-0.2, -0.15) is 0 Å². The van der Waals surface area contributed by atoms with Crippen LogP contribution in [0.5, 0.6) is 11.5 Å². The van der Waals surface area contributed by atoms with Crippen molar-refractivity contribution in [1.29, 1.82) is 0 Å². The molecule has 3 rings (SSSR count). The highest BCUT2D eigenvalue weighted by Crippen LogP contribution is 2.27. The molecule has 0 saturated carbocycles. The number of fused-ring (bicyclic) bond motifs is 1. The molecule has 5 N–H and O–H groups in total. The predicted molar refractivity (Wildman–Crippen MR) is 79.0 cm³/mol. The number of phenols is 2. The number of rotatable bonds is 3. The summed E-state index contributed by atoms with van der Waals surface area (Å²) in [7, 11) is 0. The number of hydrogen-bond acceptors (Lipinski definition) is 5. The van der Waals surface area contributed by atoms with E-state index in [0.717, 1.165) is 16.6 Å². The summed E-state index contributed by atoms with van der Waals surface area (Å²) in [6.07, 6.45) is 2.21. The monoisotopic (exact) mass is 284 g/mol. The second-order valence-corrected chi connectivity index (χ2v) is 5.08. The van der Waals surface area contributed by atoms with E-state index in [0.29, 0.717) is 17.9 Å². The third kappa shape index (κ3) is 2.53. The standard InChI is InChI=1S/C15H16N4O2/c1-8-4-5-17-15-13(8)18-14(19-15)10(16)6-9-2-3-11(20)12(21)7-9/h2-5,7,10,20-21H,6,16H2,1H3,(H,17,18,19). The van der Waals surface area contributed by atoms with Gasteiger partial charge in [0, 0.05) is 6.20 Å². The van der Waals surface area contributed by atoms with Crippen LogP contribution in [0.3, 0.4) is 0 Å². The summed E-state index contributed by atoms with van der Waals surface area (Å²) in [5.41, 5.74) is 9.58. The number of aromatic hydroxyl groups is 2. The van der Waals surface area contributed by atoms with Gasteiger partial charge in [0.25, 0.3) is 0 Å². The normalized spacial score (nSPS) is 12.7. The Hall–Kier alpha value is -2.60. The lowest BCUT2D eigenvalue weighted by molar-refractivity contribution is 0.403. The van der Waals surface area contributed by atoms with Gasteiger partial charge in [-0.15, -0.1) is 0 Å². The molecule has 0 saturated heterocycles. The Labute approximate surface area is 121 Å². The summed E-state index contributed by atoms with van der Waals surface area (Å²) < 4.78 is 0. The van der Waals surface area contributed by atoms with Gasteiger partial charge in [-0.3, -0.25) is 0 Å². The molecule has 2 heterocycles. The average molecular weight is 284 g/mol. The largest absolute Gasteiger partial charge is 0.504 e. The number of aromatic nitrogens is 3. The summed E-state index contributed by atoms with van der Waals surface area (Å²) in [5, 5.41) is 18.8. The molecule has 0 spiro atoms. The molecule has 0 aliphatic carbocycles. The van der Waals surface area contributed by atoms with Crippen LogP contribution < -0.4 is 5.73 Å². The highest BCUT2D eigenvalue weighted by molar-refractivity contribution is 5.74. The van der Waals surface area contributed by atoms with E-state index >= 15 is 0 Å². The Bertz CT molecular complexity index is 797. The highest BCUT2D eigenvalue weighted by atomic mass is 16.3. The predicted octanol–water partition coefficient (Wildman–Crippen LogP) is 1.92. The minimum atomic E-state index is -0.345. The van der Waals surface area contributed by atoms with E-state index in [2.05, 4.69) is 15.0 Å². The van der Waals surface area contributed by atoms with E-state index in [1.165, 1.54) is 12.1 Å². The number of hydrogen-bond donors (Lipinski definition) is 4. The van der Waals surface area contributed by atoms with E-state index < -0.39 is 0 Å². The number of aryl methyl sites for hydroxylation is 1. The van der Waals surface area contributed by atoms with E-state index in [4.69, 9.17) is 5.73 Å². The molecular weight excluding hydrogens is 268 g/mol. The van der Waals surface area contributed by atoms with Crippen molar-refractivity contribution in [3.05, 3.63) is 47.4 Å². The average Bonchev–Trinajstić information content (AvgIpc) is 2.89. The molecule has 2 aromatic heterocycles. The van der Waals surface area contributed by atoms with Crippen LogP contribution in [0, 0.1) is 6.92 Å². The smallest absolute Gasteiger partial charge is 0.178 e. The molecule has 0 bridgehead atoms. The van der Waals surface area contributed by atoms with Crippen LogP contribution in [0.25, 0.3) is 11.2 Å². The Morgan fingerprint density at radius 2 is 2.05 bits per heavy atom. The van der Waals surface area contributed by atoms with Crippen LogP contribution in [0.4, 0.5) is 0 Å². The van der Waals surface area contributed by atoms with Gasteiger partial charge in [0.15, 0.2) is 17.1 Å². The van der Waals surface area contributed by atoms with E-state index in [1.54, 1.807) is 12.3 Å². The SMILES string of the molecule is Cc1ccnc2nc(C(N)Cc3ccc(O)c(O)c3)[nH]c12. The molecule has 6 heteroatoms. The lowest BCUT2D eigenvalue weighted by Gasteiger charge is -2.09. The number of H-pyrrole nitrogens is 1.